The average molecular weight is 2050 g/mol. The van der Waals surface area contributed by atoms with Gasteiger partial charge in [0.15, 0.2) is 0 Å². The average Bonchev–Trinajstić information content (AvgIpc) is 1.61. The van der Waals surface area contributed by atoms with Crippen molar-refractivity contribution in [1.29, 1.82) is 0 Å². The molecule has 18 nitrogen and oxygen atoms in total. The number of halogens is 3. The molecule has 0 saturated carbocycles. The number of hydrogen-bond acceptors (Lipinski definition) is 11. The number of nitrogens with two attached hydrogens (primary N) is 1. The Hall–Kier alpha value is -13.1. The van der Waals surface area contributed by atoms with Gasteiger partial charge >= 0.3 is 4.87 Å². The van der Waals surface area contributed by atoms with E-state index >= 15 is 0 Å². The second-order valence-electron chi connectivity index (χ2n) is 44.5. The number of aryl methyl sites for hydroxylation is 3. The van der Waals surface area contributed by atoms with Crippen LogP contribution in [0.4, 0.5) is 19.1 Å². The molecular weight excluding hydrogens is 1890 g/mol. The maximum atomic E-state index is 12.9. The minimum absolute atomic E-state index is 0.0402. The number of alkyl halides is 2. The number of nitrogens with zero attached hydrogens (tertiary/aromatic N) is 9. The van der Waals surface area contributed by atoms with Gasteiger partial charge in [-0.3, -0.25) is 38.6 Å². The first-order valence-corrected chi connectivity index (χ1v) is 54.7. The van der Waals surface area contributed by atoms with Gasteiger partial charge in [0.05, 0.1) is 38.4 Å². The van der Waals surface area contributed by atoms with Crippen LogP contribution in [0.25, 0.3) is 71.0 Å². The van der Waals surface area contributed by atoms with Crippen molar-refractivity contribution in [2.75, 3.05) is 5.73 Å². The van der Waals surface area contributed by atoms with Crippen LogP contribution in [0.15, 0.2) is 214 Å². The molecule has 8 aliphatic carbocycles. The maximum absolute atomic E-state index is 12.9. The molecule has 0 fully saturated rings. The van der Waals surface area contributed by atoms with E-state index in [1.54, 1.807) is 40.4 Å². The quantitative estimate of drug-likeness (QED) is 0.0732. The summed E-state index contributed by atoms with van der Waals surface area (Å²) in [6.07, 6.45) is 34.4. The third-order valence-corrected chi connectivity index (χ3v) is 30.1. The lowest BCUT2D eigenvalue weighted by atomic mass is 9.91. The number of aromatic nitrogens is 12. The molecule has 22 rings (SSSR count). The van der Waals surface area contributed by atoms with E-state index in [1.807, 2.05) is 99.9 Å². The number of thiazole rings is 1. The molecule has 0 amide bonds. The summed E-state index contributed by atoms with van der Waals surface area (Å²) < 4.78 is 48.7. The van der Waals surface area contributed by atoms with E-state index in [0.717, 1.165) is 130 Å². The molecule has 0 atom stereocenters. The molecule has 0 spiro atoms. The van der Waals surface area contributed by atoms with E-state index in [-0.39, 0.29) is 32.9 Å². The number of nitrogens with one attached hydrogen (secondary N) is 3. The topological polar surface area (TPSA) is 238 Å². The molecule has 9 heterocycles. The number of pyridine rings is 3. The van der Waals surface area contributed by atoms with Gasteiger partial charge in [0.2, 0.25) is 5.95 Å². The molecule has 5 aromatic carbocycles. The summed E-state index contributed by atoms with van der Waals surface area (Å²) in [5.41, 5.74) is 44.8. The van der Waals surface area contributed by atoms with Crippen LogP contribution in [-0.4, -0.2) is 63.3 Å². The summed E-state index contributed by atoms with van der Waals surface area (Å²) in [5.74, 6) is 4.40. The number of aliphatic hydroxyl groups is 1. The molecule has 0 bridgehead atoms. The molecule has 0 aliphatic heterocycles. The lowest BCUT2D eigenvalue weighted by molar-refractivity contribution is 0.0785. The number of H-pyrrole nitrogens is 3. The zero-order chi connectivity index (χ0) is 110. The Morgan fingerprint density at radius 3 is 1.67 bits per heavy atom. The summed E-state index contributed by atoms with van der Waals surface area (Å²) >= 11 is 1.33. The minimum Gasteiger partial charge on any atom is -0.386 e. The maximum Gasteiger partial charge on any atom is 0.305 e. The fourth-order valence-corrected chi connectivity index (χ4v) is 21.8. The van der Waals surface area contributed by atoms with Gasteiger partial charge in [0, 0.05) is 120 Å². The second-order valence-corrected chi connectivity index (χ2v) is 45.4. The number of para-hydroxylation sites is 1. The first-order chi connectivity index (χ1) is 70.9. The molecule has 0 saturated heterocycles. The lowest BCUT2D eigenvalue weighted by Gasteiger charge is -2.19. The van der Waals surface area contributed by atoms with Crippen LogP contribution in [0, 0.1) is 74.9 Å². The predicted molar refractivity (Wildman–Crippen MR) is 624 cm³/mol. The summed E-state index contributed by atoms with van der Waals surface area (Å²) in [5, 5.41) is 19.7. The third-order valence-electron chi connectivity index (χ3n) is 29.2. The van der Waals surface area contributed by atoms with Crippen LogP contribution in [0.2, 0.25) is 0 Å². The van der Waals surface area contributed by atoms with Gasteiger partial charge < -0.3 is 34.5 Å². The summed E-state index contributed by atoms with van der Waals surface area (Å²) in [6.45, 7) is 59.6. The molecule has 0 radical (unpaired) electrons. The highest BCUT2D eigenvalue weighted by atomic mass is 32.1. The number of nitrogen functional groups attached to an aromatic ring is 1. The Kier molecular flexibility index (Phi) is 39.1. The van der Waals surface area contributed by atoms with Crippen molar-refractivity contribution < 1.29 is 18.3 Å². The van der Waals surface area contributed by atoms with Crippen LogP contribution in [-0.2, 0) is 77.5 Å². The van der Waals surface area contributed by atoms with Gasteiger partial charge in [0.1, 0.15) is 5.82 Å². The normalized spacial score (nSPS) is 14.0. The van der Waals surface area contributed by atoms with Crippen LogP contribution in [0.1, 0.15) is 338 Å². The van der Waals surface area contributed by atoms with Gasteiger partial charge in [0.25, 0.3) is 23.1 Å². The fraction of sp³-hybridized carbons (Fsp3) is 0.422. The highest BCUT2D eigenvalue weighted by Gasteiger charge is 2.29. The monoisotopic (exact) mass is 2050 g/mol. The number of hydrogen-bond donors (Lipinski definition) is 5. The highest BCUT2D eigenvalue weighted by Crippen LogP contribution is 2.43. The summed E-state index contributed by atoms with van der Waals surface area (Å²) in [7, 11) is 3.65. The Labute approximate surface area is 891 Å². The van der Waals surface area contributed by atoms with E-state index in [0.29, 0.717) is 71.4 Å². The third kappa shape index (κ3) is 27.8. The number of allylic oxidation sites excluding steroid dienone is 14. The molecule has 22 heteroatoms. The molecule has 6 N–H and O–H groups in total. The smallest absolute Gasteiger partial charge is 0.305 e. The van der Waals surface area contributed by atoms with Gasteiger partial charge in [-0.2, -0.15) is 5.10 Å². The Balaban J connectivity index is 0.000000146. The largest absolute Gasteiger partial charge is 0.386 e. The molecule has 8 aliphatic rings. The van der Waals surface area contributed by atoms with E-state index in [4.69, 9.17) is 5.73 Å². The van der Waals surface area contributed by atoms with Gasteiger partial charge in [-0.25, -0.2) is 23.1 Å². The van der Waals surface area contributed by atoms with E-state index in [1.165, 1.54) is 158 Å². The van der Waals surface area contributed by atoms with E-state index < -0.39 is 12.0 Å². The van der Waals surface area contributed by atoms with Gasteiger partial charge in [-0.05, 0) is 372 Å². The van der Waals surface area contributed by atoms with Gasteiger partial charge in [-0.1, -0.05) is 225 Å². The standard InChI is InChI=1S/C15H20O.C13H14F2.C13H13NOS.2C12H15NO.C12H15N.C11H12FN.C11H13N.C10H13N3.C10H16N2O.C9H16N2/c1-10(2)13-7-5-11-9-12(15(3,4)16)6-8-14(11)13;1-8(2)11-6-5-9-3-4-10(13(14)15)7-12(9)11;1-7(2)9-5-3-8-4-6-10-12(11(8)9)16-13(15)14-10;1-8(2)10-6-4-9-5-7-11(14)13(3)12(9)10;1-8(2)10-5-4-9-7-13(3)12(14)6-11(9)10;1-8(2)11-5-4-10-6-9(3)13-7-12(10)11;1-8(2)13-6-5-9-3-4-10(12)7-11(9)13;1-8(2)10-5-3-4-9-6-7-12-11(9)10;1-6(2)8-4-3-7-5-12-10(11)13-9(7)8;1-7(2)12-9-6-4-3-5-8(9)10(13)11-12;1-6(2)11-9(5)7(3)8(4)10-11/h6-10,16H,5H2,1-4H3;3-4,6-8,13H,5H2,1-2H3;4-7H,3H2,1-2H3,(H,14,15);2*5-8H,4H2,1-3H3;5-8H,4H2,1-3H3;3-8H,1-2H3;3-8,12H,1-2H3;4-6H,3H2,1-2H3,(H2,11,12,13);7H,3-6H2,1-2H3,(H,11,13);6H,1-5H3. The predicted octanol–water partition coefficient (Wildman–Crippen LogP) is 30.2. The van der Waals surface area contributed by atoms with Crippen molar-refractivity contribution in [2.24, 2.45) is 55.5 Å². The molecule has 796 valence electrons. The van der Waals surface area contributed by atoms with Crippen molar-refractivity contribution in [2.45, 2.75) is 301 Å². The van der Waals surface area contributed by atoms with Crippen molar-refractivity contribution in [1.82, 2.24) is 58.2 Å². The molecule has 0 unspecified atom stereocenters. The second kappa shape index (κ2) is 50.7. The van der Waals surface area contributed by atoms with Crippen molar-refractivity contribution in [3.63, 3.8) is 0 Å². The number of fused-ring (bicyclic) bond motifs is 12. The molecule has 9 aromatic heterocycles. The number of benzene rings is 5. The first-order valence-electron chi connectivity index (χ1n) is 53.9. The van der Waals surface area contributed by atoms with Crippen molar-refractivity contribution in [3.05, 3.63) is 370 Å². The van der Waals surface area contributed by atoms with Crippen LogP contribution < -0.4 is 27.3 Å². The van der Waals surface area contributed by atoms with Crippen LogP contribution >= 0.6 is 11.3 Å². The lowest BCUT2D eigenvalue weighted by Crippen LogP contribution is -2.19. The van der Waals surface area contributed by atoms with E-state index in [2.05, 4.69) is 309 Å². The number of anilines is 1. The van der Waals surface area contributed by atoms with Crippen LogP contribution in [0.5, 0.6) is 0 Å². The highest BCUT2D eigenvalue weighted by molar-refractivity contribution is 7.16. The molecular formula is C128H162F3N13O5S. The van der Waals surface area contributed by atoms with Crippen molar-refractivity contribution in [3.8, 4) is 0 Å². The Morgan fingerprint density at radius 2 is 1.07 bits per heavy atom. The first kappa shape index (κ1) is 116. The van der Waals surface area contributed by atoms with E-state index in [9.17, 15) is 37.5 Å². The van der Waals surface area contributed by atoms with Crippen LogP contribution in [0.3, 0.4) is 0 Å². The summed E-state index contributed by atoms with van der Waals surface area (Å²) in [6, 6.07) is 39.7. The Morgan fingerprint density at radius 1 is 0.500 bits per heavy atom. The molecule has 150 heavy (non-hydrogen) atoms. The van der Waals surface area contributed by atoms with Gasteiger partial charge in [-0.15, -0.1) is 0 Å². The molecule has 14 aromatic rings. The SMILES string of the molecule is CC(C)C1=CCc2cc(C(C)(C)O)ccc21.CC(C)C1=CCc2ccc(=O)n(C)c21.CC(C)C1=CCc2ccc(C(F)F)cc21.CC(C)C1=CCc2ccc3[nH]c(=O)sc3c21.CC(C)C1=CCc2cn(C)c(=O)cc21.CC(C)C1=CCc2cnc(N)nc21.CC(C)c1cccc2cc[nH]c12.CC(C)n1[nH]c(=O)c2c1CCCC2.CC(C)n1ccc2ccc(F)cc21.Cc1cc2c(cn1)C(C(C)C)=CC2.Cc1nn(C(C)C)c(C)c1C. The zero-order valence-corrected chi connectivity index (χ0v) is 95.2. The zero-order valence-electron chi connectivity index (χ0n) is 94.4. The fourth-order valence-electron chi connectivity index (χ4n) is 20.9. The minimum atomic E-state index is -2.37. The number of aromatic amines is 3. The Bertz CT molecular complexity index is 7640. The number of rotatable bonds is 13. The summed E-state index contributed by atoms with van der Waals surface area (Å²) in [4.78, 5) is 64.7. The van der Waals surface area contributed by atoms with Crippen molar-refractivity contribution >= 4 is 88.3 Å².